The van der Waals surface area contributed by atoms with Crippen LogP contribution in [-0.4, -0.2) is 36.8 Å². The Balaban J connectivity index is 0.000000246. The molecule has 4 aromatic rings. The molecule has 0 fully saturated rings. The second-order valence-corrected chi connectivity index (χ2v) is 11.8. The number of carbonyl (C=O) groups is 3. The molecule has 11 nitrogen and oxygen atoms in total. The van der Waals surface area contributed by atoms with Crippen LogP contribution in [0.5, 0.6) is 0 Å². The molecule has 2 atom stereocenters. The molecule has 4 rings (SSSR count). The van der Waals surface area contributed by atoms with Gasteiger partial charge >= 0.3 is 0 Å². The molecular weight excluding hydrogens is 702 g/mol. The largest absolute Gasteiger partial charge is 0.364 e. The number of halogens is 4. The third-order valence-corrected chi connectivity index (χ3v) is 8.82. The Kier molecular flexibility index (Phi) is 12.0. The number of aromatic nitrogens is 4. The topological polar surface area (TPSA) is 194 Å². The highest BCUT2D eigenvalue weighted by atomic mass is 35.5. The summed E-state index contributed by atoms with van der Waals surface area (Å²) in [7, 11) is 0. The molecule has 0 saturated carbocycles. The fraction of sp³-hybridized carbons (Fsp3) is 0.214. The quantitative estimate of drug-likeness (QED) is 0.117. The van der Waals surface area contributed by atoms with Crippen LogP contribution >= 0.6 is 70.8 Å². The van der Waals surface area contributed by atoms with E-state index in [2.05, 4.69) is 9.97 Å². The number of H-pyrrole nitrogens is 2. The molecule has 0 aliphatic carbocycles. The van der Waals surface area contributed by atoms with Crippen molar-refractivity contribution in [2.75, 3.05) is 0 Å². The Morgan fingerprint density at radius 2 is 1.18 bits per heavy atom. The fourth-order valence-electron chi connectivity index (χ4n) is 4.77. The lowest BCUT2D eigenvalue weighted by molar-refractivity contribution is 0.0958. The number of imidazole rings is 2. The molecule has 0 radical (unpaired) electrons. The molecule has 2 unspecified atom stereocenters. The van der Waals surface area contributed by atoms with Gasteiger partial charge in [-0.3, -0.25) is 14.4 Å². The molecule has 2 heterocycles. The maximum Gasteiger partial charge on any atom is 0.268 e. The van der Waals surface area contributed by atoms with Crippen LogP contribution in [0.4, 0.5) is 0 Å². The molecule has 2 aromatic heterocycles. The second kappa shape index (κ2) is 15.1. The van der Waals surface area contributed by atoms with Crippen LogP contribution in [-0.2, 0) is 0 Å². The van der Waals surface area contributed by atoms with Gasteiger partial charge in [-0.25, -0.2) is 0 Å². The number of nitrogens with zero attached hydrogens (tertiary/aromatic N) is 3. The molecule has 3 amide bonds. The first-order valence-corrected chi connectivity index (χ1v) is 15.4. The van der Waals surface area contributed by atoms with Gasteiger partial charge in [0.05, 0.1) is 32.2 Å². The number of aromatic amines is 2. The summed E-state index contributed by atoms with van der Waals surface area (Å²) >= 11 is 34.4. The minimum Gasteiger partial charge on any atom is -0.364 e. The first-order valence-electron chi connectivity index (χ1n) is 13.1. The van der Waals surface area contributed by atoms with Gasteiger partial charge in [0.15, 0.2) is 15.2 Å². The van der Waals surface area contributed by atoms with Gasteiger partial charge in [0.1, 0.15) is 23.2 Å². The smallest absolute Gasteiger partial charge is 0.268 e. The molecule has 17 heteroatoms. The van der Waals surface area contributed by atoms with Crippen molar-refractivity contribution in [1.29, 1.82) is 5.26 Å². The molecule has 0 bridgehead atoms. The highest BCUT2D eigenvalue weighted by molar-refractivity contribution is 7.71. The van der Waals surface area contributed by atoms with E-state index in [0.717, 1.165) is 11.1 Å². The molecule has 0 saturated heterocycles. The third-order valence-electron chi connectivity index (χ3n) is 6.74. The molecule has 0 aliphatic rings. The number of hydrogen-bond acceptors (Lipinski definition) is 6. The van der Waals surface area contributed by atoms with E-state index in [1.165, 1.54) is 4.57 Å². The van der Waals surface area contributed by atoms with Crippen molar-refractivity contribution in [2.24, 2.45) is 17.2 Å². The Morgan fingerprint density at radius 3 is 1.56 bits per heavy atom. The van der Waals surface area contributed by atoms with Crippen LogP contribution in [0.25, 0.3) is 0 Å². The van der Waals surface area contributed by atoms with Crippen LogP contribution in [0.3, 0.4) is 0 Å². The van der Waals surface area contributed by atoms with Crippen LogP contribution in [0, 0.1) is 20.9 Å². The van der Waals surface area contributed by atoms with Crippen LogP contribution in [0.15, 0.2) is 36.4 Å². The Labute approximate surface area is 287 Å². The number of rotatable bonds is 9. The molecular formula is C28H26Cl4N8O3S2. The lowest BCUT2D eigenvalue weighted by atomic mass is 10.0. The van der Waals surface area contributed by atoms with E-state index < -0.39 is 17.7 Å². The third kappa shape index (κ3) is 7.61. The summed E-state index contributed by atoms with van der Waals surface area (Å²) in [5.41, 5.74) is 17.5. The maximum atomic E-state index is 11.8. The monoisotopic (exact) mass is 726 g/mol. The van der Waals surface area contributed by atoms with Crippen LogP contribution in [0.1, 0.15) is 87.1 Å². The standard InChI is InChI=1S/C14H14Cl2N4O2S.C14H12Cl2N4OS/c1-2-9(6-3-4-7(15)8(16)5-6)20-11(13(18)22)10(12(17)21)19-14(20)23;1-2-10(7-3-4-8(15)9(16)5-7)20-11(6-17)12(13(18)21)19-14(20)22/h3-5,9H,2H2,1H3,(H2,17,21)(H2,18,22)(H,19,23);3-5,10H,2H2,1H3,(H2,18,21)(H,19,22). The number of primary amides is 3. The van der Waals surface area contributed by atoms with Gasteiger partial charge in [-0.2, -0.15) is 5.26 Å². The minimum atomic E-state index is -0.812. The predicted octanol–water partition coefficient (Wildman–Crippen LogP) is 6.87. The summed E-state index contributed by atoms with van der Waals surface area (Å²) in [4.78, 5) is 40.1. The van der Waals surface area contributed by atoms with Crippen molar-refractivity contribution < 1.29 is 14.4 Å². The zero-order valence-corrected chi connectivity index (χ0v) is 28.3. The first-order chi connectivity index (χ1) is 21.2. The number of hydrogen-bond donors (Lipinski definition) is 5. The SMILES string of the molecule is CCC(c1ccc(Cl)c(Cl)c1)n1c(C#N)c(C(N)=O)[nH]c1=S.CCC(c1ccc(Cl)c(Cl)c1)n1c(C(N)=O)c(C(N)=O)[nH]c1=S. The van der Waals surface area contributed by atoms with E-state index in [0.29, 0.717) is 32.9 Å². The number of nitrogens with two attached hydrogens (primary N) is 3. The molecule has 45 heavy (non-hydrogen) atoms. The van der Waals surface area contributed by atoms with Crippen molar-refractivity contribution in [3.8, 4) is 6.07 Å². The summed E-state index contributed by atoms with van der Waals surface area (Å²) in [5, 5.41) is 11.0. The maximum absolute atomic E-state index is 11.8. The number of carbonyl (C=O) groups excluding carboxylic acids is 3. The summed E-state index contributed by atoms with van der Waals surface area (Å²) in [5.74, 6) is -2.34. The number of benzene rings is 2. The van der Waals surface area contributed by atoms with Gasteiger partial charge < -0.3 is 36.3 Å². The molecule has 8 N–H and O–H groups in total. The van der Waals surface area contributed by atoms with E-state index in [1.807, 2.05) is 26.0 Å². The van der Waals surface area contributed by atoms with Gasteiger partial charge in [0.25, 0.3) is 17.7 Å². The van der Waals surface area contributed by atoms with E-state index in [-0.39, 0.29) is 44.4 Å². The summed E-state index contributed by atoms with van der Waals surface area (Å²) in [6, 6.07) is 11.7. The Bertz CT molecular complexity index is 1960. The number of nitriles is 1. The zero-order chi connectivity index (χ0) is 33.7. The minimum absolute atomic E-state index is 0.00557. The summed E-state index contributed by atoms with van der Waals surface area (Å²) < 4.78 is 3.49. The van der Waals surface area contributed by atoms with Crippen molar-refractivity contribution >= 4 is 88.6 Å². The lowest BCUT2D eigenvalue weighted by Gasteiger charge is -2.20. The van der Waals surface area contributed by atoms with Crippen molar-refractivity contribution in [3.05, 3.63) is 99.9 Å². The Hall–Kier alpha value is -3.64. The second-order valence-electron chi connectivity index (χ2n) is 9.45. The van der Waals surface area contributed by atoms with Crippen LogP contribution < -0.4 is 17.2 Å². The molecule has 2 aromatic carbocycles. The first kappa shape index (κ1) is 35.8. The van der Waals surface area contributed by atoms with Crippen molar-refractivity contribution in [2.45, 2.75) is 38.8 Å². The fourth-order valence-corrected chi connectivity index (χ4v) is 6.03. The van der Waals surface area contributed by atoms with Gasteiger partial charge in [-0.05, 0) is 72.7 Å². The van der Waals surface area contributed by atoms with Crippen molar-refractivity contribution in [1.82, 2.24) is 19.1 Å². The van der Waals surface area contributed by atoms with E-state index in [4.69, 9.17) is 88.0 Å². The normalized spacial score (nSPS) is 12.0. The van der Waals surface area contributed by atoms with Gasteiger partial charge in [-0.15, -0.1) is 0 Å². The van der Waals surface area contributed by atoms with Crippen LogP contribution in [0.2, 0.25) is 20.1 Å². The molecule has 236 valence electrons. The Morgan fingerprint density at radius 1 is 0.756 bits per heavy atom. The average molecular weight is 729 g/mol. The van der Waals surface area contributed by atoms with Gasteiger partial charge in [0, 0.05) is 0 Å². The lowest BCUT2D eigenvalue weighted by Crippen LogP contribution is -2.25. The zero-order valence-electron chi connectivity index (χ0n) is 23.7. The summed E-state index contributed by atoms with van der Waals surface area (Å²) in [6.07, 6.45) is 1.21. The molecule has 0 aliphatic heterocycles. The highest BCUT2D eigenvalue weighted by Gasteiger charge is 2.26. The molecule has 0 spiro atoms. The summed E-state index contributed by atoms with van der Waals surface area (Å²) in [6.45, 7) is 3.84. The van der Waals surface area contributed by atoms with E-state index in [9.17, 15) is 19.6 Å². The van der Waals surface area contributed by atoms with Gasteiger partial charge in [-0.1, -0.05) is 72.4 Å². The number of amides is 3. The highest BCUT2D eigenvalue weighted by Crippen LogP contribution is 2.32. The van der Waals surface area contributed by atoms with E-state index in [1.54, 1.807) is 34.9 Å². The predicted molar refractivity (Wildman–Crippen MR) is 179 cm³/mol. The number of nitrogens with one attached hydrogen (secondary N) is 2. The van der Waals surface area contributed by atoms with Crippen molar-refractivity contribution in [3.63, 3.8) is 0 Å². The van der Waals surface area contributed by atoms with Gasteiger partial charge in [0.2, 0.25) is 0 Å². The van der Waals surface area contributed by atoms with E-state index >= 15 is 0 Å². The average Bonchev–Trinajstić information content (AvgIpc) is 3.51.